The van der Waals surface area contributed by atoms with Crippen LogP contribution >= 0.6 is 24.0 Å². The van der Waals surface area contributed by atoms with Crippen molar-refractivity contribution in [2.45, 2.75) is 37.5 Å². The molecule has 0 atom stereocenters. The molecule has 0 aromatic heterocycles. The third-order valence-corrected chi connectivity index (χ3v) is 7.21. The molecule has 0 aliphatic carbocycles. The highest BCUT2D eigenvalue weighted by Crippen LogP contribution is 2.24. The SMILES string of the molecule is CC(C)c1cccc(NC(N)=NCC2CCN(S(=O)(=O)c3ccccc3)CC2)c1.I. The van der Waals surface area contributed by atoms with Gasteiger partial charge in [0.05, 0.1) is 4.90 Å². The van der Waals surface area contributed by atoms with Gasteiger partial charge in [-0.25, -0.2) is 8.42 Å². The number of halogens is 1. The van der Waals surface area contributed by atoms with Gasteiger partial charge < -0.3 is 11.1 Å². The fourth-order valence-corrected chi connectivity index (χ4v) is 4.95. The highest BCUT2D eigenvalue weighted by Gasteiger charge is 2.29. The van der Waals surface area contributed by atoms with Crippen molar-refractivity contribution in [1.29, 1.82) is 0 Å². The normalized spacial score (nSPS) is 16.3. The molecule has 1 saturated heterocycles. The van der Waals surface area contributed by atoms with E-state index < -0.39 is 10.0 Å². The first-order chi connectivity index (χ1) is 13.9. The Hall–Kier alpha value is -1.65. The summed E-state index contributed by atoms with van der Waals surface area (Å²) in [5.74, 6) is 1.18. The lowest BCUT2D eigenvalue weighted by molar-refractivity contribution is 0.279. The number of guanidine groups is 1. The second-order valence-electron chi connectivity index (χ2n) is 7.79. The maximum Gasteiger partial charge on any atom is 0.243 e. The standard InChI is InChI=1S/C22H30N4O2S.HI/c1-17(2)19-7-6-8-20(15-19)25-22(23)24-16-18-11-13-26(14-12-18)29(27,28)21-9-4-3-5-10-21;/h3-10,15,17-18H,11-14,16H2,1-2H3,(H3,23,24,25);1H. The summed E-state index contributed by atoms with van der Waals surface area (Å²) in [5, 5.41) is 3.15. The van der Waals surface area contributed by atoms with Crippen molar-refractivity contribution in [3.63, 3.8) is 0 Å². The van der Waals surface area contributed by atoms with Crippen molar-refractivity contribution in [2.24, 2.45) is 16.6 Å². The molecule has 0 unspecified atom stereocenters. The molecule has 0 bridgehead atoms. The first-order valence-corrected chi connectivity index (χ1v) is 11.5. The van der Waals surface area contributed by atoms with Gasteiger partial charge in [-0.05, 0) is 54.5 Å². The van der Waals surface area contributed by atoms with Gasteiger partial charge in [0.15, 0.2) is 5.96 Å². The highest BCUT2D eigenvalue weighted by molar-refractivity contribution is 14.0. The van der Waals surface area contributed by atoms with Crippen molar-refractivity contribution in [3.8, 4) is 0 Å². The van der Waals surface area contributed by atoms with E-state index in [1.165, 1.54) is 5.56 Å². The molecular weight excluding hydrogens is 511 g/mol. The molecule has 0 amide bonds. The molecule has 164 valence electrons. The molecule has 2 aromatic rings. The summed E-state index contributed by atoms with van der Waals surface area (Å²) in [6.45, 7) is 5.94. The van der Waals surface area contributed by atoms with E-state index in [4.69, 9.17) is 5.73 Å². The van der Waals surface area contributed by atoms with Gasteiger partial charge in [-0.3, -0.25) is 4.99 Å². The lowest BCUT2D eigenvalue weighted by Gasteiger charge is -2.30. The first-order valence-electron chi connectivity index (χ1n) is 10.1. The molecule has 8 heteroatoms. The Morgan fingerprint density at radius 1 is 1.13 bits per heavy atom. The Bertz CT molecular complexity index is 941. The third-order valence-electron chi connectivity index (χ3n) is 5.30. The van der Waals surface area contributed by atoms with Gasteiger partial charge >= 0.3 is 0 Å². The number of benzene rings is 2. The average Bonchev–Trinajstić information content (AvgIpc) is 2.73. The minimum Gasteiger partial charge on any atom is -0.370 e. The number of aliphatic imine (C=N–C) groups is 1. The van der Waals surface area contributed by atoms with Crippen LogP contribution in [0, 0.1) is 5.92 Å². The minimum absolute atomic E-state index is 0. The van der Waals surface area contributed by atoms with Gasteiger partial charge in [0.1, 0.15) is 0 Å². The molecule has 1 heterocycles. The predicted octanol–water partition coefficient (Wildman–Crippen LogP) is 4.26. The lowest BCUT2D eigenvalue weighted by atomic mass is 9.98. The van der Waals surface area contributed by atoms with Crippen LogP contribution in [0.2, 0.25) is 0 Å². The largest absolute Gasteiger partial charge is 0.370 e. The van der Waals surface area contributed by atoms with E-state index in [0.717, 1.165) is 18.5 Å². The van der Waals surface area contributed by atoms with E-state index in [1.54, 1.807) is 28.6 Å². The highest BCUT2D eigenvalue weighted by atomic mass is 127. The monoisotopic (exact) mass is 542 g/mol. The molecule has 1 aliphatic rings. The van der Waals surface area contributed by atoms with Crippen LogP contribution in [0.5, 0.6) is 0 Å². The summed E-state index contributed by atoms with van der Waals surface area (Å²) in [4.78, 5) is 4.83. The van der Waals surface area contributed by atoms with E-state index in [1.807, 2.05) is 18.2 Å². The van der Waals surface area contributed by atoms with E-state index >= 15 is 0 Å². The van der Waals surface area contributed by atoms with Crippen LogP contribution in [0.15, 0.2) is 64.5 Å². The first kappa shape index (κ1) is 24.6. The van der Waals surface area contributed by atoms with Crippen molar-refractivity contribution in [2.75, 3.05) is 25.0 Å². The van der Waals surface area contributed by atoms with Crippen LogP contribution in [0.25, 0.3) is 0 Å². The molecule has 0 radical (unpaired) electrons. The molecule has 30 heavy (non-hydrogen) atoms. The minimum atomic E-state index is -3.41. The van der Waals surface area contributed by atoms with Gasteiger partial charge in [0.2, 0.25) is 10.0 Å². The Kier molecular flexibility index (Phi) is 9.11. The van der Waals surface area contributed by atoms with E-state index in [-0.39, 0.29) is 24.0 Å². The summed E-state index contributed by atoms with van der Waals surface area (Å²) in [5.41, 5.74) is 8.23. The molecule has 6 nitrogen and oxygen atoms in total. The summed E-state index contributed by atoms with van der Waals surface area (Å²) >= 11 is 0. The van der Waals surface area contributed by atoms with Crippen LogP contribution in [-0.2, 0) is 10.0 Å². The van der Waals surface area contributed by atoms with Crippen LogP contribution < -0.4 is 11.1 Å². The van der Waals surface area contributed by atoms with Gasteiger partial charge in [-0.15, -0.1) is 24.0 Å². The van der Waals surface area contributed by atoms with Crippen LogP contribution in [0.4, 0.5) is 5.69 Å². The molecule has 2 aromatic carbocycles. The number of anilines is 1. The number of hydrogen-bond acceptors (Lipinski definition) is 3. The Morgan fingerprint density at radius 3 is 2.43 bits per heavy atom. The maximum absolute atomic E-state index is 12.7. The molecule has 3 N–H and O–H groups in total. The van der Waals surface area contributed by atoms with Gasteiger partial charge in [-0.1, -0.05) is 44.2 Å². The van der Waals surface area contributed by atoms with E-state index in [2.05, 4.69) is 36.3 Å². The lowest BCUT2D eigenvalue weighted by Crippen LogP contribution is -2.39. The zero-order chi connectivity index (χ0) is 20.9. The Balaban J connectivity index is 0.00000320. The number of rotatable bonds is 6. The molecule has 0 spiro atoms. The molecule has 0 saturated carbocycles. The third kappa shape index (κ3) is 6.42. The summed E-state index contributed by atoms with van der Waals surface area (Å²) in [7, 11) is -3.41. The number of nitrogens with zero attached hydrogens (tertiary/aromatic N) is 2. The molecule has 3 rings (SSSR count). The predicted molar refractivity (Wildman–Crippen MR) is 134 cm³/mol. The summed E-state index contributed by atoms with van der Waals surface area (Å²) in [6.07, 6.45) is 1.57. The zero-order valence-corrected chi connectivity index (χ0v) is 20.6. The topological polar surface area (TPSA) is 87.8 Å². The average molecular weight is 542 g/mol. The maximum atomic E-state index is 12.7. The van der Waals surface area contributed by atoms with Crippen molar-refractivity contribution in [1.82, 2.24) is 4.31 Å². The number of sulfonamides is 1. The Morgan fingerprint density at radius 2 is 1.80 bits per heavy atom. The second kappa shape index (κ2) is 11.1. The smallest absolute Gasteiger partial charge is 0.243 e. The van der Waals surface area contributed by atoms with E-state index in [0.29, 0.717) is 42.3 Å². The number of nitrogens with one attached hydrogen (secondary N) is 1. The van der Waals surface area contributed by atoms with Gasteiger partial charge in [-0.2, -0.15) is 4.31 Å². The second-order valence-corrected chi connectivity index (χ2v) is 9.73. The molecule has 1 fully saturated rings. The van der Waals surface area contributed by atoms with Crippen LogP contribution in [-0.4, -0.2) is 38.3 Å². The fraction of sp³-hybridized carbons (Fsp3) is 0.409. The number of nitrogens with two attached hydrogens (primary N) is 1. The van der Waals surface area contributed by atoms with Gasteiger partial charge in [0, 0.05) is 25.3 Å². The van der Waals surface area contributed by atoms with Crippen LogP contribution in [0.1, 0.15) is 38.2 Å². The van der Waals surface area contributed by atoms with Gasteiger partial charge in [0.25, 0.3) is 0 Å². The van der Waals surface area contributed by atoms with Crippen molar-refractivity contribution >= 4 is 45.6 Å². The van der Waals surface area contributed by atoms with Crippen molar-refractivity contribution < 1.29 is 8.42 Å². The summed E-state index contributed by atoms with van der Waals surface area (Å²) < 4.78 is 27.0. The Labute approximate surface area is 197 Å². The van der Waals surface area contributed by atoms with Crippen molar-refractivity contribution in [3.05, 3.63) is 60.2 Å². The molecular formula is C22H31IN4O2S. The number of piperidine rings is 1. The zero-order valence-electron chi connectivity index (χ0n) is 17.5. The quantitative estimate of drug-likeness (QED) is 0.325. The fourth-order valence-electron chi connectivity index (χ4n) is 3.46. The van der Waals surface area contributed by atoms with E-state index in [9.17, 15) is 8.42 Å². The summed E-state index contributed by atoms with van der Waals surface area (Å²) in [6, 6.07) is 16.8. The molecule has 1 aliphatic heterocycles. The van der Waals surface area contributed by atoms with Crippen LogP contribution in [0.3, 0.4) is 0 Å². The number of hydrogen-bond donors (Lipinski definition) is 2.